The average Bonchev–Trinajstić information content (AvgIpc) is 2.86. The highest BCUT2D eigenvalue weighted by molar-refractivity contribution is 7.11. The van der Waals surface area contributed by atoms with E-state index in [9.17, 15) is 4.39 Å². The molecule has 0 aliphatic carbocycles. The number of thiazole rings is 1. The minimum atomic E-state index is -0.350. The number of hydrogen-bond donors (Lipinski definition) is 2. The van der Waals surface area contributed by atoms with Gasteiger partial charge < -0.3 is 10.6 Å². The van der Waals surface area contributed by atoms with E-state index in [0.29, 0.717) is 24.6 Å². The number of rotatable bonds is 5. The topological polar surface area (TPSA) is 49.3 Å². The standard InChI is InChI=1S/C18H25FN4S/c1-12-13(2)24-16(23-12)10-21-17(20-5)22-11-18(3,4)14-8-6-7-9-15(14)19/h6-9H,10-11H2,1-5H3,(H2,20,21,22). The third-order valence-electron chi connectivity index (χ3n) is 4.00. The number of hydrogen-bond acceptors (Lipinski definition) is 3. The van der Waals surface area contributed by atoms with Gasteiger partial charge in [0.05, 0.1) is 12.2 Å². The summed E-state index contributed by atoms with van der Waals surface area (Å²) < 4.78 is 14.0. The molecule has 2 rings (SSSR count). The van der Waals surface area contributed by atoms with Gasteiger partial charge in [0.1, 0.15) is 10.8 Å². The van der Waals surface area contributed by atoms with Crippen LogP contribution in [0.15, 0.2) is 29.3 Å². The predicted molar refractivity (Wildman–Crippen MR) is 99.2 cm³/mol. The highest BCUT2D eigenvalue weighted by Gasteiger charge is 2.24. The molecule has 0 unspecified atom stereocenters. The number of nitrogens with one attached hydrogen (secondary N) is 2. The Balaban J connectivity index is 1.94. The van der Waals surface area contributed by atoms with Gasteiger partial charge in [-0.25, -0.2) is 9.37 Å². The van der Waals surface area contributed by atoms with Crippen molar-refractivity contribution in [3.05, 3.63) is 51.2 Å². The van der Waals surface area contributed by atoms with Crippen LogP contribution in [-0.2, 0) is 12.0 Å². The van der Waals surface area contributed by atoms with Crippen LogP contribution in [-0.4, -0.2) is 24.5 Å². The largest absolute Gasteiger partial charge is 0.356 e. The number of aliphatic imine (C=N–C) groups is 1. The SMILES string of the molecule is CN=C(NCc1nc(C)c(C)s1)NCC(C)(C)c1ccccc1F. The normalized spacial score (nSPS) is 12.3. The van der Waals surface area contributed by atoms with Crippen LogP contribution in [0.2, 0.25) is 0 Å². The van der Waals surface area contributed by atoms with Crippen LogP contribution >= 0.6 is 11.3 Å². The summed E-state index contributed by atoms with van der Waals surface area (Å²) in [7, 11) is 1.73. The van der Waals surface area contributed by atoms with E-state index < -0.39 is 0 Å². The van der Waals surface area contributed by atoms with Crippen LogP contribution in [0.1, 0.15) is 35.0 Å². The Morgan fingerprint density at radius 1 is 1.25 bits per heavy atom. The molecule has 2 N–H and O–H groups in total. The lowest BCUT2D eigenvalue weighted by Gasteiger charge is -2.27. The molecule has 0 aliphatic rings. The zero-order valence-corrected chi connectivity index (χ0v) is 15.7. The molecule has 0 radical (unpaired) electrons. The quantitative estimate of drug-likeness (QED) is 0.642. The molecule has 1 aromatic carbocycles. The van der Waals surface area contributed by atoms with Crippen molar-refractivity contribution in [2.45, 2.75) is 39.7 Å². The minimum absolute atomic E-state index is 0.180. The molecule has 24 heavy (non-hydrogen) atoms. The molecule has 1 aromatic heterocycles. The number of aryl methyl sites for hydroxylation is 2. The Kier molecular flexibility index (Phi) is 5.94. The fourth-order valence-electron chi connectivity index (χ4n) is 2.40. The zero-order valence-electron chi connectivity index (χ0n) is 14.9. The van der Waals surface area contributed by atoms with E-state index in [-0.39, 0.29) is 11.2 Å². The summed E-state index contributed by atoms with van der Waals surface area (Å²) in [6, 6.07) is 6.90. The van der Waals surface area contributed by atoms with Crippen molar-refractivity contribution in [3.63, 3.8) is 0 Å². The van der Waals surface area contributed by atoms with Crippen molar-refractivity contribution >= 4 is 17.3 Å². The molecule has 0 saturated carbocycles. The molecule has 130 valence electrons. The van der Waals surface area contributed by atoms with Gasteiger partial charge in [0.15, 0.2) is 5.96 Å². The van der Waals surface area contributed by atoms with E-state index in [0.717, 1.165) is 10.7 Å². The van der Waals surface area contributed by atoms with Crippen LogP contribution in [0.4, 0.5) is 4.39 Å². The second-order valence-corrected chi connectivity index (χ2v) is 7.68. The lowest BCUT2D eigenvalue weighted by molar-refractivity contribution is 0.473. The molecule has 6 heteroatoms. The maximum Gasteiger partial charge on any atom is 0.191 e. The van der Waals surface area contributed by atoms with E-state index in [1.54, 1.807) is 24.5 Å². The third-order valence-corrected chi connectivity index (χ3v) is 5.08. The summed E-state index contributed by atoms with van der Waals surface area (Å²) in [5, 5.41) is 7.56. The lowest BCUT2D eigenvalue weighted by Crippen LogP contribution is -2.43. The fourth-order valence-corrected chi connectivity index (χ4v) is 3.28. The maximum absolute atomic E-state index is 14.0. The van der Waals surface area contributed by atoms with Crippen molar-refractivity contribution < 1.29 is 4.39 Å². The molecule has 0 aliphatic heterocycles. The van der Waals surface area contributed by atoms with Crippen molar-refractivity contribution in [1.29, 1.82) is 0 Å². The number of nitrogens with zero attached hydrogens (tertiary/aromatic N) is 2. The summed E-state index contributed by atoms with van der Waals surface area (Å²) in [5.74, 6) is 0.505. The van der Waals surface area contributed by atoms with Crippen LogP contribution in [0.5, 0.6) is 0 Å². The summed E-state index contributed by atoms with van der Waals surface area (Å²) in [6.07, 6.45) is 0. The van der Waals surface area contributed by atoms with Crippen LogP contribution in [0.3, 0.4) is 0 Å². The molecular weight excluding hydrogens is 323 g/mol. The van der Waals surface area contributed by atoms with Crippen molar-refractivity contribution in [2.75, 3.05) is 13.6 Å². The van der Waals surface area contributed by atoms with Gasteiger partial charge in [0, 0.05) is 23.9 Å². The second-order valence-electron chi connectivity index (χ2n) is 6.39. The van der Waals surface area contributed by atoms with Crippen LogP contribution in [0, 0.1) is 19.7 Å². The zero-order chi connectivity index (χ0) is 17.7. The fraction of sp³-hybridized carbons (Fsp3) is 0.444. The first-order valence-corrected chi connectivity index (χ1v) is 8.77. The second kappa shape index (κ2) is 7.75. The van der Waals surface area contributed by atoms with E-state index >= 15 is 0 Å². The Morgan fingerprint density at radius 3 is 2.54 bits per heavy atom. The highest BCUT2D eigenvalue weighted by atomic mass is 32.1. The molecule has 2 aromatic rings. The molecule has 0 atom stereocenters. The van der Waals surface area contributed by atoms with Crippen molar-refractivity contribution in [3.8, 4) is 0 Å². The minimum Gasteiger partial charge on any atom is -0.356 e. The molecule has 1 heterocycles. The van der Waals surface area contributed by atoms with E-state index in [1.807, 2.05) is 32.9 Å². The first-order valence-electron chi connectivity index (χ1n) is 7.96. The summed E-state index contributed by atoms with van der Waals surface area (Å²) in [6.45, 7) is 9.31. The van der Waals surface area contributed by atoms with Gasteiger partial charge in [-0.2, -0.15) is 0 Å². The average molecular weight is 348 g/mol. The Bertz CT molecular complexity index is 702. The number of benzene rings is 1. The van der Waals surface area contributed by atoms with Gasteiger partial charge >= 0.3 is 0 Å². The van der Waals surface area contributed by atoms with Gasteiger partial charge in [0.25, 0.3) is 0 Å². The Labute approximate surface area is 147 Å². The van der Waals surface area contributed by atoms with Crippen LogP contribution < -0.4 is 10.6 Å². The molecule has 0 bridgehead atoms. The molecule has 0 spiro atoms. The molecule has 4 nitrogen and oxygen atoms in total. The van der Waals surface area contributed by atoms with Gasteiger partial charge in [-0.05, 0) is 25.5 Å². The molecule has 0 fully saturated rings. The van der Waals surface area contributed by atoms with Gasteiger partial charge in [-0.1, -0.05) is 32.0 Å². The van der Waals surface area contributed by atoms with E-state index in [4.69, 9.17) is 0 Å². The first kappa shape index (κ1) is 18.4. The predicted octanol–water partition coefficient (Wildman–Crippen LogP) is 3.54. The number of halogens is 1. The molecular formula is C18H25FN4S. The Morgan fingerprint density at radius 2 is 1.96 bits per heavy atom. The first-order chi connectivity index (χ1) is 11.3. The lowest BCUT2D eigenvalue weighted by atomic mass is 9.84. The summed E-state index contributed by atoms with van der Waals surface area (Å²) in [5.41, 5.74) is 1.41. The number of guanidine groups is 1. The third kappa shape index (κ3) is 4.54. The Hall–Kier alpha value is -1.95. The van der Waals surface area contributed by atoms with Crippen LogP contribution in [0.25, 0.3) is 0 Å². The van der Waals surface area contributed by atoms with E-state index in [2.05, 4.69) is 27.5 Å². The van der Waals surface area contributed by atoms with Gasteiger partial charge in [0.2, 0.25) is 0 Å². The van der Waals surface area contributed by atoms with Gasteiger partial charge in [-0.15, -0.1) is 11.3 Å². The maximum atomic E-state index is 14.0. The smallest absolute Gasteiger partial charge is 0.191 e. The van der Waals surface area contributed by atoms with E-state index in [1.165, 1.54) is 10.9 Å². The highest BCUT2D eigenvalue weighted by Crippen LogP contribution is 2.24. The molecule has 0 saturated heterocycles. The molecule has 0 amide bonds. The number of aromatic nitrogens is 1. The van der Waals surface area contributed by atoms with Crippen molar-refractivity contribution in [2.24, 2.45) is 4.99 Å². The summed E-state index contributed by atoms with van der Waals surface area (Å²) in [4.78, 5) is 9.97. The van der Waals surface area contributed by atoms with Gasteiger partial charge in [-0.3, -0.25) is 4.99 Å². The van der Waals surface area contributed by atoms with Crippen molar-refractivity contribution in [1.82, 2.24) is 15.6 Å². The monoisotopic (exact) mass is 348 g/mol. The summed E-state index contributed by atoms with van der Waals surface area (Å²) >= 11 is 1.68.